The minimum absolute atomic E-state index is 0.489. The monoisotopic (exact) mass is 436 g/mol. The second-order valence-corrected chi connectivity index (χ2v) is 9.48. The molecule has 0 aromatic heterocycles. The maximum atomic E-state index is 13.3. The first-order chi connectivity index (χ1) is 15.7. The zero-order valence-corrected chi connectivity index (χ0v) is 19.6. The predicted molar refractivity (Wildman–Crippen MR) is 131 cm³/mol. The molecule has 0 aliphatic heterocycles. The summed E-state index contributed by atoms with van der Waals surface area (Å²) in [7, 11) is 0. The van der Waals surface area contributed by atoms with Crippen LogP contribution in [0, 0.1) is 29.4 Å². The molecule has 0 spiro atoms. The van der Waals surface area contributed by atoms with Crippen LogP contribution in [0.5, 0.6) is 0 Å². The molecule has 0 bridgehead atoms. The molecule has 2 heteroatoms. The molecule has 0 amide bonds. The van der Waals surface area contributed by atoms with Crippen molar-refractivity contribution in [2.45, 2.75) is 96.3 Å². The van der Waals surface area contributed by atoms with Crippen LogP contribution in [-0.2, 0) is 0 Å². The molecule has 3 rings (SSSR count). The van der Waals surface area contributed by atoms with Gasteiger partial charge in [0.1, 0.15) is 0 Å². The molecule has 0 nitrogen and oxygen atoms in total. The van der Waals surface area contributed by atoms with Crippen molar-refractivity contribution in [3.05, 3.63) is 70.8 Å². The summed E-state index contributed by atoms with van der Waals surface area (Å²) >= 11 is 0. The SMILES string of the molecule is CCCCCCCCCCC1CCC(c2ccc(C#Cc3ccc(F)c(F)c3)cc2)CC1. The summed E-state index contributed by atoms with van der Waals surface area (Å²) in [6, 6.07) is 12.3. The van der Waals surface area contributed by atoms with Gasteiger partial charge in [0.25, 0.3) is 0 Å². The molecule has 1 aliphatic carbocycles. The topological polar surface area (TPSA) is 0 Å². The third-order valence-corrected chi connectivity index (χ3v) is 6.97. The van der Waals surface area contributed by atoms with Gasteiger partial charge in [0.05, 0.1) is 0 Å². The average molecular weight is 437 g/mol. The molecule has 172 valence electrons. The number of unbranched alkanes of at least 4 members (excludes halogenated alkanes) is 7. The van der Waals surface area contributed by atoms with E-state index < -0.39 is 11.6 Å². The number of benzene rings is 2. The second kappa shape index (κ2) is 13.4. The maximum Gasteiger partial charge on any atom is 0.160 e. The lowest BCUT2D eigenvalue weighted by atomic mass is 9.77. The van der Waals surface area contributed by atoms with Gasteiger partial charge in [-0.25, -0.2) is 8.78 Å². The Balaban J connectivity index is 1.37. The van der Waals surface area contributed by atoms with Crippen LogP contribution in [0.15, 0.2) is 42.5 Å². The van der Waals surface area contributed by atoms with Crippen molar-refractivity contribution >= 4 is 0 Å². The Kier molecular flexibility index (Phi) is 10.3. The van der Waals surface area contributed by atoms with Crippen molar-refractivity contribution < 1.29 is 8.78 Å². The van der Waals surface area contributed by atoms with Gasteiger partial charge in [0.15, 0.2) is 11.6 Å². The normalized spacial score (nSPS) is 18.2. The van der Waals surface area contributed by atoms with E-state index in [2.05, 4.69) is 43.0 Å². The molecule has 0 N–H and O–H groups in total. The summed E-state index contributed by atoms with van der Waals surface area (Å²) in [5, 5.41) is 0. The van der Waals surface area contributed by atoms with Gasteiger partial charge in [-0.1, -0.05) is 88.7 Å². The lowest BCUT2D eigenvalue weighted by Gasteiger charge is -2.29. The first kappa shape index (κ1) is 24.5. The van der Waals surface area contributed by atoms with Crippen LogP contribution in [0.2, 0.25) is 0 Å². The van der Waals surface area contributed by atoms with E-state index in [0.717, 1.165) is 23.6 Å². The summed E-state index contributed by atoms with van der Waals surface area (Å²) in [6.07, 6.45) is 18.0. The van der Waals surface area contributed by atoms with E-state index in [1.807, 2.05) is 0 Å². The average Bonchev–Trinajstić information content (AvgIpc) is 2.82. The maximum absolute atomic E-state index is 13.3. The highest BCUT2D eigenvalue weighted by molar-refractivity contribution is 5.44. The highest BCUT2D eigenvalue weighted by Gasteiger charge is 2.21. The quantitative estimate of drug-likeness (QED) is 0.257. The minimum atomic E-state index is -0.856. The molecule has 2 aromatic rings. The molecule has 1 aliphatic rings. The second-order valence-electron chi connectivity index (χ2n) is 9.48. The van der Waals surface area contributed by atoms with Gasteiger partial charge in [-0.3, -0.25) is 0 Å². The Bertz CT molecular complexity index is 864. The van der Waals surface area contributed by atoms with Crippen molar-refractivity contribution in [3.63, 3.8) is 0 Å². The zero-order valence-electron chi connectivity index (χ0n) is 19.6. The van der Waals surface area contributed by atoms with Crippen LogP contribution < -0.4 is 0 Å². The smallest absolute Gasteiger partial charge is 0.160 e. The van der Waals surface area contributed by atoms with E-state index in [1.165, 1.54) is 95.1 Å². The first-order valence-electron chi connectivity index (χ1n) is 12.7. The van der Waals surface area contributed by atoms with E-state index in [1.54, 1.807) is 0 Å². The van der Waals surface area contributed by atoms with E-state index in [4.69, 9.17) is 0 Å². The zero-order chi connectivity index (χ0) is 22.6. The van der Waals surface area contributed by atoms with Gasteiger partial charge >= 0.3 is 0 Å². The van der Waals surface area contributed by atoms with Crippen molar-refractivity contribution in [1.29, 1.82) is 0 Å². The molecule has 0 saturated heterocycles. The molecule has 0 atom stereocenters. The Morgan fingerprint density at radius 3 is 1.94 bits per heavy atom. The Morgan fingerprint density at radius 2 is 1.28 bits per heavy atom. The third-order valence-electron chi connectivity index (χ3n) is 6.97. The van der Waals surface area contributed by atoms with Crippen LogP contribution in [-0.4, -0.2) is 0 Å². The first-order valence-corrected chi connectivity index (χ1v) is 12.7. The summed E-state index contributed by atoms with van der Waals surface area (Å²) < 4.78 is 26.3. The van der Waals surface area contributed by atoms with Crippen LogP contribution in [0.3, 0.4) is 0 Å². The van der Waals surface area contributed by atoms with Crippen LogP contribution in [0.4, 0.5) is 8.78 Å². The van der Waals surface area contributed by atoms with Gasteiger partial charge < -0.3 is 0 Å². The molecule has 1 saturated carbocycles. The largest absolute Gasteiger partial charge is 0.204 e. The van der Waals surface area contributed by atoms with Gasteiger partial charge in [0.2, 0.25) is 0 Å². The lowest BCUT2D eigenvalue weighted by molar-refractivity contribution is 0.301. The van der Waals surface area contributed by atoms with Gasteiger partial charge in [-0.2, -0.15) is 0 Å². The Hall–Kier alpha value is -2.14. The molecule has 0 radical (unpaired) electrons. The number of rotatable bonds is 10. The fourth-order valence-electron chi connectivity index (χ4n) is 4.91. The van der Waals surface area contributed by atoms with E-state index in [-0.39, 0.29) is 0 Å². The summed E-state index contributed by atoms with van der Waals surface area (Å²) in [6.45, 7) is 2.28. The fraction of sp³-hybridized carbons (Fsp3) is 0.533. The number of halogens is 2. The molecule has 32 heavy (non-hydrogen) atoms. The summed E-state index contributed by atoms with van der Waals surface area (Å²) in [5.74, 6) is 5.86. The molecular weight excluding hydrogens is 398 g/mol. The number of hydrogen-bond donors (Lipinski definition) is 0. The van der Waals surface area contributed by atoms with Gasteiger partial charge in [-0.05, 0) is 73.4 Å². The van der Waals surface area contributed by atoms with Gasteiger partial charge in [-0.15, -0.1) is 0 Å². The number of hydrogen-bond acceptors (Lipinski definition) is 0. The molecular formula is C30H38F2. The van der Waals surface area contributed by atoms with Crippen LogP contribution in [0.1, 0.15) is 113 Å². The van der Waals surface area contributed by atoms with E-state index in [0.29, 0.717) is 11.5 Å². The predicted octanol–water partition coefficient (Wildman–Crippen LogP) is 9.17. The van der Waals surface area contributed by atoms with Crippen LogP contribution >= 0.6 is 0 Å². The molecule has 2 aromatic carbocycles. The molecule has 0 unspecified atom stereocenters. The Labute approximate surface area is 193 Å². The van der Waals surface area contributed by atoms with Crippen LogP contribution in [0.25, 0.3) is 0 Å². The minimum Gasteiger partial charge on any atom is -0.204 e. The van der Waals surface area contributed by atoms with Crippen molar-refractivity contribution in [2.75, 3.05) is 0 Å². The summed E-state index contributed by atoms with van der Waals surface area (Å²) in [4.78, 5) is 0. The summed E-state index contributed by atoms with van der Waals surface area (Å²) in [5.41, 5.74) is 2.80. The van der Waals surface area contributed by atoms with Crippen molar-refractivity contribution in [2.24, 2.45) is 5.92 Å². The third kappa shape index (κ3) is 8.09. The van der Waals surface area contributed by atoms with Crippen molar-refractivity contribution in [1.82, 2.24) is 0 Å². The van der Waals surface area contributed by atoms with Crippen molar-refractivity contribution in [3.8, 4) is 11.8 Å². The fourth-order valence-corrected chi connectivity index (χ4v) is 4.91. The van der Waals surface area contributed by atoms with E-state index in [9.17, 15) is 8.78 Å². The Morgan fingerprint density at radius 1 is 0.688 bits per heavy atom. The molecule has 1 fully saturated rings. The highest BCUT2D eigenvalue weighted by Crippen LogP contribution is 2.37. The lowest BCUT2D eigenvalue weighted by Crippen LogP contribution is -2.13. The standard InChI is InChI=1S/C30H38F2/c1-2-3-4-5-6-7-8-9-10-24-13-18-27(19-14-24)28-20-15-25(16-21-28)11-12-26-17-22-29(31)30(32)23-26/h15-17,20-24,27H,2-10,13-14,18-19H2,1H3. The molecule has 0 heterocycles. The van der Waals surface area contributed by atoms with E-state index >= 15 is 0 Å². The highest BCUT2D eigenvalue weighted by atomic mass is 19.2. The van der Waals surface area contributed by atoms with Gasteiger partial charge in [0, 0.05) is 11.1 Å².